The second-order valence-corrected chi connectivity index (χ2v) is 11.3. The molecule has 0 aliphatic carbocycles. The molecule has 3 rings (SSSR count). The molecule has 1 aromatic rings. The largest absolute Gasteiger partial charge is 0.449 e. The predicted octanol–water partition coefficient (Wildman–Crippen LogP) is 3.75. The fraction of sp³-hybridized carbons (Fsp3) is 0.679. The molecule has 200 valence electrons. The normalized spacial score (nSPS) is 36.3. The molecule has 2 aliphatic rings. The molecule has 3 heterocycles. The maximum Gasteiger partial charge on any atom is 0.223 e. The Bertz CT molecular complexity index is 969. The van der Waals surface area contributed by atoms with Gasteiger partial charge in [0.05, 0.1) is 41.8 Å². The van der Waals surface area contributed by atoms with E-state index in [4.69, 9.17) is 9.15 Å². The number of hydrogen-bond acceptors (Lipinski definition) is 7. The van der Waals surface area contributed by atoms with E-state index in [2.05, 4.69) is 23.8 Å². The molecule has 3 N–H and O–H groups in total. The topological polar surface area (TPSA) is 125 Å². The number of ketones is 1. The minimum Gasteiger partial charge on any atom is -0.449 e. The van der Waals surface area contributed by atoms with Gasteiger partial charge in [-0.15, -0.1) is 6.58 Å². The SMILES string of the molecule is C=CCC1C(=O)C(C)(C)C(O)CC(=O)NC(C=Cc2coc(C)n2)CC2OC2(C)CCCC(C)C1O. The number of nitrogens with zero attached hydrogens (tertiary/aromatic N) is 1. The van der Waals surface area contributed by atoms with E-state index in [0.29, 0.717) is 24.4 Å². The van der Waals surface area contributed by atoms with Crippen LogP contribution in [-0.4, -0.2) is 56.8 Å². The van der Waals surface area contributed by atoms with E-state index in [9.17, 15) is 19.8 Å². The summed E-state index contributed by atoms with van der Waals surface area (Å²) in [5.41, 5.74) is -0.855. The van der Waals surface area contributed by atoms with Crippen LogP contribution in [-0.2, 0) is 14.3 Å². The number of ether oxygens (including phenoxy) is 1. The summed E-state index contributed by atoms with van der Waals surface area (Å²) in [7, 11) is 0. The number of fused-ring (bicyclic) bond motifs is 1. The summed E-state index contributed by atoms with van der Waals surface area (Å²) in [6.45, 7) is 12.8. The summed E-state index contributed by atoms with van der Waals surface area (Å²) >= 11 is 0. The zero-order valence-corrected chi connectivity index (χ0v) is 22.2. The summed E-state index contributed by atoms with van der Waals surface area (Å²) < 4.78 is 11.3. The zero-order valence-electron chi connectivity index (χ0n) is 22.2. The van der Waals surface area contributed by atoms with Crippen molar-refractivity contribution >= 4 is 17.8 Å². The summed E-state index contributed by atoms with van der Waals surface area (Å²) in [4.78, 5) is 30.8. The number of aliphatic hydroxyl groups excluding tert-OH is 2. The zero-order chi connectivity index (χ0) is 26.7. The van der Waals surface area contributed by atoms with Crippen LogP contribution in [0.4, 0.5) is 0 Å². The lowest BCUT2D eigenvalue weighted by molar-refractivity contribution is -0.143. The number of carbonyl (C=O) groups excluding carboxylic acids is 2. The highest BCUT2D eigenvalue weighted by Gasteiger charge is 2.52. The van der Waals surface area contributed by atoms with Gasteiger partial charge in [0, 0.05) is 19.3 Å². The van der Waals surface area contributed by atoms with Crippen molar-refractivity contribution in [3.05, 3.63) is 36.6 Å². The Morgan fingerprint density at radius 2 is 2.00 bits per heavy atom. The van der Waals surface area contributed by atoms with Crippen molar-refractivity contribution in [3.8, 4) is 0 Å². The smallest absolute Gasteiger partial charge is 0.223 e. The van der Waals surface area contributed by atoms with Gasteiger partial charge in [0.15, 0.2) is 5.89 Å². The minimum atomic E-state index is -1.22. The van der Waals surface area contributed by atoms with E-state index in [1.54, 1.807) is 39.2 Å². The number of aromatic nitrogens is 1. The average Bonchev–Trinajstić information content (AvgIpc) is 3.24. The molecule has 7 unspecified atom stereocenters. The lowest BCUT2D eigenvalue weighted by Gasteiger charge is -2.35. The Labute approximate surface area is 214 Å². The van der Waals surface area contributed by atoms with E-state index in [0.717, 1.165) is 19.3 Å². The Balaban J connectivity index is 1.84. The molecule has 8 heteroatoms. The van der Waals surface area contributed by atoms with Crippen LogP contribution >= 0.6 is 0 Å². The van der Waals surface area contributed by atoms with Crippen molar-refractivity contribution in [2.75, 3.05) is 0 Å². The van der Waals surface area contributed by atoms with Gasteiger partial charge in [0.1, 0.15) is 17.7 Å². The van der Waals surface area contributed by atoms with Crippen molar-refractivity contribution in [2.24, 2.45) is 17.3 Å². The number of aryl methyl sites for hydroxylation is 1. The van der Waals surface area contributed by atoms with E-state index >= 15 is 0 Å². The molecular formula is C28H42N2O6. The van der Waals surface area contributed by atoms with Crippen molar-refractivity contribution in [3.63, 3.8) is 0 Å². The molecular weight excluding hydrogens is 460 g/mol. The number of oxazole rings is 1. The van der Waals surface area contributed by atoms with Crippen molar-refractivity contribution in [1.82, 2.24) is 10.3 Å². The number of Topliss-reactive ketones (excluding diaryl/α,β-unsaturated/α-hetero) is 1. The lowest BCUT2D eigenvalue weighted by atomic mass is 9.71. The molecule has 0 spiro atoms. The molecule has 0 aromatic carbocycles. The molecule has 2 saturated heterocycles. The van der Waals surface area contributed by atoms with Gasteiger partial charge < -0.3 is 24.7 Å². The molecule has 0 radical (unpaired) electrons. The molecule has 7 atom stereocenters. The molecule has 1 amide bonds. The first-order valence-corrected chi connectivity index (χ1v) is 13.0. The number of allylic oxidation sites excluding steroid dienone is 1. The number of rotatable bonds is 4. The van der Waals surface area contributed by atoms with Crippen molar-refractivity contribution < 1.29 is 29.0 Å². The number of hydrogen-bond donors (Lipinski definition) is 3. The Morgan fingerprint density at radius 1 is 1.28 bits per heavy atom. The number of epoxide rings is 1. The first-order valence-electron chi connectivity index (χ1n) is 13.0. The number of nitrogens with one attached hydrogen (secondary N) is 1. The van der Waals surface area contributed by atoms with Gasteiger partial charge in [-0.3, -0.25) is 9.59 Å². The number of amides is 1. The van der Waals surface area contributed by atoms with Crippen LogP contribution in [0, 0.1) is 24.2 Å². The first kappa shape index (κ1) is 28.3. The number of carbonyl (C=O) groups is 2. The molecule has 36 heavy (non-hydrogen) atoms. The van der Waals surface area contributed by atoms with Crippen LogP contribution in [0.1, 0.15) is 77.8 Å². The lowest BCUT2D eigenvalue weighted by Crippen LogP contribution is -2.47. The standard InChI is InChI=1S/C28H42N2O6/c1-7-9-21-25(33)17(2)10-8-13-28(6)23(36-28)14-19(11-12-20-16-35-18(3)29-20)30-24(32)15-22(31)27(4,5)26(21)34/h7,11-12,16-17,19,21-23,25,31,33H,1,8-10,13-15H2,2-6H3,(H,30,32). The molecule has 1 aromatic heterocycles. The molecule has 0 bridgehead atoms. The third kappa shape index (κ3) is 6.72. The maximum absolute atomic E-state index is 13.5. The van der Waals surface area contributed by atoms with Gasteiger partial charge >= 0.3 is 0 Å². The average molecular weight is 503 g/mol. The van der Waals surface area contributed by atoms with Crippen LogP contribution in [0.25, 0.3) is 6.08 Å². The van der Waals surface area contributed by atoms with Crippen molar-refractivity contribution in [1.29, 1.82) is 0 Å². The monoisotopic (exact) mass is 502 g/mol. The highest BCUT2D eigenvalue weighted by molar-refractivity contribution is 5.88. The van der Waals surface area contributed by atoms with E-state index < -0.39 is 23.5 Å². The minimum absolute atomic E-state index is 0.0175. The summed E-state index contributed by atoms with van der Waals surface area (Å²) in [5.74, 6) is -0.868. The van der Waals surface area contributed by atoms with E-state index in [1.165, 1.54) is 0 Å². The second-order valence-electron chi connectivity index (χ2n) is 11.3. The molecule has 2 aliphatic heterocycles. The van der Waals surface area contributed by atoms with Gasteiger partial charge in [-0.05, 0) is 38.2 Å². The molecule has 8 nitrogen and oxygen atoms in total. The predicted molar refractivity (Wildman–Crippen MR) is 137 cm³/mol. The van der Waals surface area contributed by atoms with Crippen LogP contribution in [0.2, 0.25) is 0 Å². The van der Waals surface area contributed by atoms with Gasteiger partial charge in [-0.1, -0.05) is 39.3 Å². The summed E-state index contributed by atoms with van der Waals surface area (Å²) in [6, 6.07) is -0.338. The quantitative estimate of drug-likeness (QED) is 0.423. The number of aliphatic hydroxyl groups is 2. The van der Waals surface area contributed by atoms with Crippen LogP contribution in [0.3, 0.4) is 0 Å². The molecule has 0 saturated carbocycles. The van der Waals surface area contributed by atoms with Crippen molar-refractivity contribution in [2.45, 2.75) is 103 Å². The van der Waals surface area contributed by atoms with E-state index in [-0.39, 0.29) is 41.8 Å². The molecule has 2 fully saturated rings. The summed E-state index contributed by atoms with van der Waals surface area (Å²) in [6.07, 6.45) is 7.83. The Morgan fingerprint density at radius 3 is 2.64 bits per heavy atom. The highest BCUT2D eigenvalue weighted by atomic mass is 16.6. The van der Waals surface area contributed by atoms with Gasteiger partial charge in [-0.25, -0.2) is 4.98 Å². The fourth-order valence-electron chi connectivity index (χ4n) is 5.16. The van der Waals surface area contributed by atoms with Crippen LogP contribution < -0.4 is 5.32 Å². The Hall–Kier alpha value is -2.29. The van der Waals surface area contributed by atoms with Gasteiger partial charge in [-0.2, -0.15) is 0 Å². The van der Waals surface area contributed by atoms with E-state index in [1.807, 2.05) is 13.0 Å². The third-order valence-corrected chi connectivity index (χ3v) is 7.92. The second kappa shape index (κ2) is 11.4. The fourth-order valence-corrected chi connectivity index (χ4v) is 5.16. The Kier molecular flexibility index (Phi) is 8.96. The maximum atomic E-state index is 13.5. The van der Waals surface area contributed by atoms with Crippen LogP contribution in [0.15, 0.2) is 29.4 Å². The van der Waals surface area contributed by atoms with Crippen LogP contribution in [0.5, 0.6) is 0 Å². The van der Waals surface area contributed by atoms with Gasteiger partial charge in [0.2, 0.25) is 5.91 Å². The highest BCUT2D eigenvalue weighted by Crippen LogP contribution is 2.44. The van der Waals surface area contributed by atoms with Gasteiger partial charge in [0.25, 0.3) is 0 Å². The summed E-state index contributed by atoms with van der Waals surface area (Å²) in [5, 5.41) is 25.0. The third-order valence-electron chi connectivity index (χ3n) is 7.92. The first-order chi connectivity index (χ1) is 16.9.